The third kappa shape index (κ3) is 3.94. The zero-order valence-corrected chi connectivity index (χ0v) is 12.7. The lowest BCUT2D eigenvalue weighted by Gasteiger charge is -2.11. The van der Waals surface area contributed by atoms with Crippen molar-refractivity contribution in [3.8, 4) is 17.1 Å². The molecule has 1 amide bonds. The number of ether oxygens (including phenoxy) is 1. The van der Waals surface area contributed by atoms with E-state index in [-0.39, 0.29) is 17.3 Å². The number of carbonyl (C=O) groups excluding carboxylic acids is 1. The number of nitrogens with one attached hydrogen (secondary N) is 2. The summed E-state index contributed by atoms with van der Waals surface area (Å²) < 4.78 is 5.67. The zero-order valence-electron chi connectivity index (χ0n) is 12.7. The van der Waals surface area contributed by atoms with Crippen molar-refractivity contribution in [1.82, 2.24) is 9.97 Å². The van der Waals surface area contributed by atoms with Crippen LogP contribution >= 0.6 is 0 Å². The van der Waals surface area contributed by atoms with Crippen molar-refractivity contribution in [3.63, 3.8) is 0 Å². The molecule has 0 spiro atoms. The maximum absolute atomic E-state index is 11.8. The summed E-state index contributed by atoms with van der Waals surface area (Å²) in [6, 6.07) is 8.59. The number of benzene rings is 1. The number of aromatic amines is 1. The van der Waals surface area contributed by atoms with E-state index in [0.29, 0.717) is 30.2 Å². The van der Waals surface area contributed by atoms with Crippen molar-refractivity contribution in [2.45, 2.75) is 26.7 Å². The summed E-state index contributed by atoms with van der Waals surface area (Å²) in [7, 11) is 0. The molecular formula is C16H19N3O3. The molecular weight excluding hydrogens is 282 g/mol. The Morgan fingerprint density at radius 2 is 2.09 bits per heavy atom. The average Bonchev–Trinajstić information content (AvgIpc) is 2.52. The van der Waals surface area contributed by atoms with Crippen LogP contribution in [0.5, 0.6) is 5.75 Å². The fraction of sp³-hybridized carbons (Fsp3) is 0.312. The second-order valence-electron chi connectivity index (χ2n) is 4.73. The molecule has 6 nitrogen and oxygen atoms in total. The van der Waals surface area contributed by atoms with E-state index in [9.17, 15) is 9.59 Å². The van der Waals surface area contributed by atoms with Crippen molar-refractivity contribution >= 4 is 11.7 Å². The van der Waals surface area contributed by atoms with Gasteiger partial charge in [0, 0.05) is 12.5 Å². The van der Waals surface area contributed by atoms with E-state index in [1.54, 1.807) is 6.92 Å². The van der Waals surface area contributed by atoms with E-state index in [1.807, 2.05) is 31.2 Å². The van der Waals surface area contributed by atoms with Gasteiger partial charge in [0.2, 0.25) is 5.91 Å². The Morgan fingerprint density at radius 3 is 2.82 bits per heavy atom. The first-order chi connectivity index (χ1) is 10.6. The van der Waals surface area contributed by atoms with Gasteiger partial charge in [0.15, 0.2) is 0 Å². The van der Waals surface area contributed by atoms with Crippen LogP contribution in [0.2, 0.25) is 0 Å². The molecule has 116 valence electrons. The molecule has 0 aliphatic carbocycles. The third-order valence-corrected chi connectivity index (χ3v) is 2.93. The van der Waals surface area contributed by atoms with Crippen molar-refractivity contribution in [1.29, 1.82) is 0 Å². The molecule has 22 heavy (non-hydrogen) atoms. The number of hydrogen-bond donors (Lipinski definition) is 2. The highest BCUT2D eigenvalue weighted by Gasteiger charge is 2.10. The highest BCUT2D eigenvalue weighted by atomic mass is 16.5. The predicted molar refractivity (Wildman–Crippen MR) is 85.0 cm³/mol. The van der Waals surface area contributed by atoms with Crippen LogP contribution in [0.4, 0.5) is 5.82 Å². The fourth-order valence-corrected chi connectivity index (χ4v) is 1.88. The monoisotopic (exact) mass is 301 g/mol. The van der Waals surface area contributed by atoms with Crippen LogP contribution in [-0.2, 0) is 4.79 Å². The van der Waals surface area contributed by atoms with Gasteiger partial charge < -0.3 is 15.0 Å². The molecule has 0 aliphatic heterocycles. The van der Waals surface area contributed by atoms with Crippen LogP contribution in [0.25, 0.3) is 11.4 Å². The molecule has 6 heteroatoms. The molecule has 0 radical (unpaired) electrons. The number of carbonyl (C=O) groups is 1. The number of para-hydroxylation sites is 1. The van der Waals surface area contributed by atoms with Crippen molar-refractivity contribution in [2.75, 3.05) is 11.9 Å². The Hall–Kier alpha value is -2.63. The van der Waals surface area contributed by atoms with E-state index >= 15 is 0 Å². The second kappa shape index (κ2) is 7.40. The minimum absolute atomic E-state index is 0.195. The molecule has 1 aromatic carbocycles. The van der Waals surface area contributed by atoms with Gasteiger partial charge in [-0.15, -0.1) is 0 Å². The minimum atomic E-state index is -0.332. The Labute approximate surface area is 128 Å². The van der Waals surface area contributed by atoms with Crippen LogP contribution in [-0.4, -0.2) is 22.5 Å². The standard InChI is InChI=1S/C16H19N3O3/c1-3-9-22-12-8-6-5-7-11(12)16-18-13(10-15(21)19-16)17-14(20)4-2/h5-8,10H,3-4,9H2,1-2H3,(H2,17,18,19,20,21). The molecule has 0 unspecified atom stereocenters. The van der Waals surface area contributed by atoms with Gasteiger partial charge in [-0.1, -0.05) is 26.0 Å². The number of amides is 1. The minimum Gasteiger partial charge on any atom is -0.493 e. The first-order valence-electron chi connectivity index (χ1n) is 7.27. The van der Waals surface area contributed by atoms with Crippen LogP contribution in [0.15, 0.2) is 35.1 Å². The number of nitrogens with zero attached hydrogens (tertiary/aromatic N) is 1. The van der Waals surface area contributed by atoms with Gasteiger partial charge >= 0.3 is 0 Å². The fourth-order valence-electron chi connectivity index (χ4n) is 1.88. The Bertz CT molecular complexity index is 710. The summed E-state index contributed by atoms with van der Waals surface area (Å²) >= 11 is 0. The normalized spacial score (nSPS) is 10.3. The molecule has 0 fully saturated rings. The van der Waals surface area contributed by atoms with E-state index in [0.717, 1.165) is 6.42 Å². The van der Waals surface area contributed by atoms with Gasteiger partial charge in [0.1, 0.15) is 17.4 Å². The predicted octanol–water partition coefficient (Wildman–Crippen LogP) is 2.57. The summed E-state index contributed by atoms with van der Waals surface area (Å²) in [5.41, 5.74) is 0.349. The highest BCUT2D eigenvalue weighted by Crippen LogP contribution is 2.27. The topological polar surface area (TPSA) is 84.1 Å². The maximum Gasteiger partial charge on any atom is 0.253 e. The lowest BCUT2D eigenvalue weighted by molar-refractivity contribution is -0.115. The summed E-state index contributed by atoms with van der Waals surface area (Å²) in [4.78, 5) is 30.2. The van der Waals surface area contributed by atoms with Gasteiger partial charge in [-0.25, -0.2) is 4.98 Å². The second-order valence-corrected chi connectivity index (χ2v) is 4.73. The first-order valence-corrected chi connectivity index (χ1v) is 7.27. The molecule has 0 bridgehead atoms. The van der Waals surface area contributed by atoms with Crippen molar-refractivity contribution in [2.24, 2.45) is 0 Å². The molecule has 2 aromatic rings. The molecule has 0 aliphatic rings. The molecule has 0 saturated carbocycles. The Balaban J connectivity index is 2.40. The molecule has 1 heterocycles. The number of anilines is 1. The molecule has 2 N–H and O–H groups in total. The lowest BCUT2D eigenvalue weighted by atomic mass is 10.2. The highest BCUT2D eigenvalue weighted by molar-refractivity contribution is 5.89. The third-order valence-electron chi connectivity index (χ3n) is 2.93. The lowest BCUT2D eigenvalue weighted by Crippen LogP contribution is -2.16. The molecule has 2 rings (SSSR count). The molecule has 0 saturated heterocycles. The number of rotatable bonds is 6. The van der Waals surface area contributed by atoms with E-state index < -0.39 is 0 Å². The van der Waals surface area contributed by atoms with Crippen molar-refractivity contribution in [3.05, 3.63) is 40.7 Å². The Kier molecular flexibility index (Phi) is 5.30. The van der Waals surface area contributed by atoms with Crippen LogP contribution in [0.1, 0.15) is 26.7 Å². The summed E-state index contributed by atoms with van der Waals surface area (Å²) in [5.74, 6) is 1.05. The van der Waals surface area contributed by atoms with E-state index in [4.69, 9.17) is 4.74 Å². The molecule has 1 aromatic heterocycles. The SMILES string of the molecule is CCCOc1ccccc1-c1nc(NC(=O)CC)cc(=O)[nH]1. The number of hydrogen-bond acceptors (Lipinski definition) is 4. The summed E-state index contributed by atoms with van der Waals surface area (Å²) in [5, 5.41) is 2.59. The van der Waals surface area contributed by atoms with Gasteiger partial charge in [-0.3, -0.25) is 9.59 Å². The largest absolute Gasteiger partial charge is 0.493 e. The van der Waals surface area contributed by atoms with Gasteiger partial charge in [0.05, 0.1) is 12.2 Å². The summed E-state index contributed by atoms with van der Waals surface area (Å²) in [6.07, 6.45) is 1.20. The van der Waals surface area contributed by atoms with Crippen LogP contribution in [0.3, 0.4) is 0 Å². The number of H-pyrrole nitrogens is 1. The average molecular weight is 301 g/mol. The van der Waals surface area contributed by atoms with Crippen LogP contribution < -0.4 is 15.6 Å². The zero-order chi connectivity index (χ0) is 15.9. The first kappa shape index (κ1) is 15.8. The van der Waals surface area contributed by atoms with Crippen LogP contribution in [0, 0.1) is 0 Å². The summed E-state index contributed by atoms with van der Waals surface area (Å²) in [6.45, 7) is 4.33. The van der Waals surface area contributed by atoms with E-state index in [1.165, 1.54) is 6.07 Å². The van der Waals surface area contributed by atoms with E-state index in [2.05, 4.69) is 15.3 Å². The van der Waals surface area contributed by atoms with Gasteiger partial charge in [-0.2, -0.15) is 0 Å². The van der Waals surface area contributed by atoms with Gasteiger partial charge in [0.25, 0.3) is 5.56 Å². The smallest absolute Gasteiger partial charge is 0.253 e. The van der Waals surface area contributed by atoms with Gasteiger partial charge in [-0.05, 0) is 18.6 Å². The molecule has 0 atom stereocenters. The maximum atomic E-state index is 11.8. The van der Waals surface area contributed by atoms with Crippen molar-refractivity contribution < 1.29 is 9.53 Å². The Morgan fingerprint density at radius 1 is 1.32 bits per heavy atom. The quantitative estimate of drug-likeness (QED) is 0.859. The number of aromatic nitrogens is 2.